The van der Waals surface area contributed by atoms with Gasteiger partial charge in [0, 0.05) is 25.2 Å². The summed E-state index contributed by atoms with van der Waals surface area (Å²) in [5.74, 6) is -0.183. The Bertz CT molecular complexity index is 937. The summed E-state index contributed by atoms with van der Waals surface area (Å²) >= 11 is 14.4. The van der Waals surface area contributed by atoms with Crippen molar-refractivity contribution in [3.63, 3.8) is 0 Å². The molecule has 1 aliphatic rings. The molecule has 0 atom stereocenters. The molecule has 0 unspecified atom stereocenters. The Morgan fingerprint density at radius 2 is 1.92 bits per heavy atom. The van der Waals surface area contributed by atoms with Crippen molar-refractivity contribution < 1.29 is 14.0 Å². The minimum atomic E-state index is -0.580. The average molecular weight is 455 g/mol. The van der Waals surface area contributed by atoms with E-state index in [4.69, 9.17) is 28.2 Å². The maximum Gasteiger partial charge on any atom is 0.270 e. The molecule has 1 saturated heterocycles. The van der Waals surface area contributed by atoms with Gasteiger partial charge in [-0.3, -0.25) is 19.8 Å². The molecular formula is C17H13BrClN3O3S. The molecule has 0 spiro atoms. The molecule has 134 valence electrons. The van der Waals surface area contributed by atoms with Crippen LogP contribution in [0.4, 0.5) is 11.6 Å². The Morgan fingerprint density at radius 3 is 2.50 bits per heavy atom. The van der Waals surface area contributed by atoms with Crippen LogP contribution in [0.15, 0.2) is 44.8 Å². The Hall–Kier alpha value is -2.16. The Balaban J connectivity index is 2.00. The third-order valence-corrected chi connectivity index (χ3v) is 4.67. The monoisotopic (exact) mass is 453 g/mol. The van der Waals surface area contributed by atoms with Gasteiger partial charge in [-0.2, -0.15) is 0 Å². The molecule has 1 aromatic carbocycles. The van der Waals surface area contributed by atoms with Crippen molar-refractivity contribution in [2.75, 3.05) is 23.9 Å². The van der Waals surface area contributed by atoms with Crippen molar-refractivity contribution in [3.8, 4) is 0 Å². The molecule has 0 radical (unpaired) electrons. The van der Waals surface area contributed by atoms with Crippen LogP contribution in [0, 0.1) is 0 Å². The van der Waals surface area contributed by atoms with Crippen molar-refractivity contribution in [3.05, 3.63) is 51.2 Å². The zero-order valence-electron chi connectivity index (χ0n) is 13.7. The Labute approximate surface area is 168 Å². The van der Waals surface area contributed by atoms with Gasteiger partial charge >= 0.3 is 0 Å². The fraction of sp³-hybridized carbons (Fsp3) is 0.118. The number of carbonyl (C=O) groups excluding carboxylic acids is 2. The second kappa shape index (κ2) is 7.22. The second-order valence-corrected chi connectivity index (χ2v) is 7.31. The zero-order chi connectivity index (χ0) is 19.0. The fourth-order valence-corrected chi connectivity index (χ4v) is 3.45. The minimum Gasteiger partial charge on any atom is -0.440 e. The molecule has 3 rings (SSSR count). The summed E-state index contributed by atoms with van der Waals surface area (Å²) in [7, 11) is 3.64. The van der Waals surface area contributed by atoms with Gasteiger partial charge in [0.05, 0.1) is 10.2 Å². The molecule has 1 N–H and O–H groups in total. The predicted octanol–water partition coefficient (Wildman–Crippen LogP) is 3.59. The van der Waals surface area contributed by atoms with E-state index in [1.807, 2.05) is 14.1 Å². The number of halogens is 2. The van der Waals surface area contributed by atoms with Gasteiger partial charge in [-0.05, 0) is 58.5 Å². The van der Waals surface area contributed by atoms with Gasteiger partial charge in [-0.1, -0.05) is 11.6 Å². The van der Waals surface area contributed by atoms with E-state index in [0.29, 0.717) is 26.8 Å². The van der Waals surface area contributed by atoms with Crippen LogP contribution in [-0.2, 0) is 9.59 Å². The number of thiocarbonyl (C=S) groups is 1. The van der Waals surface area contributed by atoms with Crippen molar-refractivity contribution in [1.82, 2.24) is 5.32 Å². The summed E-state index contributed by atoms with van der Waals surface area (Å²) in [5, 5.41) is 3.06. The third-order valence-electron chi connectivity index (χ3n) is 3.57. The van der Waals surface area contributed by atoms with E-state index in [0.717, 1.165) is 0 Å². The van der Waals surface area contributed by atoms with Crippen LogP contribution in [0.5, 0.6) is 0 Å². The highest BCUT2D eigenvalue weighted by Crippen LogP contribution is 2.31. The Kier molecular flexibility index (Phi) is 5.17. The van der Waals surface area contributed by atoms with Crippen molar-refractivity contribution in [1.29, 1.82) is 0 Å². The van der Waals surface area contributed by atoms with Crippen LogP contribution in [0.1, 0.15) is 5.76 Å². The normalized spacial score (nSPS) is 16.2. The molecule has 1 fully saturated rings. The van der Waals surface area contributed by atoms with Crippen LogP contribution in [0.25, 0.3) is 6.08 Å². The van der Waals surface area contributed by atoms with E-state index in [2.05, 4.69) is 21.2 Å². The maximum atomic E-state index is 12.9. The second-order valence-electron chi connectivity index (χ2n) is 5.63. The van der Waals surface area contributed by atoms with Gasteiger partial charge in [-0.15, -0.1) is 0 Å². The predicted molar refractivity (Wildman–Crippen MR) is 108 cm³/mol. The van der Waals surface area contributed by atoms with Gasteiger partial charge < -0.3 is 9.32 Å². The molecule has 26 heavy (non-hydrogen) atoms. The number of nitrogens with one attached hydrogen (secondary N) is 1. The van der Waals surface area contributed by atoms with Gasteiger partial charge in [0.15, 0.2) is 5.11 Å². The highest BCUT2D eigenvalue weighted by atomic mass is 79.9. The van der Waals surface area contributed by atoms with E-state index in [1.165, 1.54) is 11.0 Å². The average Bonchev–Trinajstić information content (AvgIpc) is 2.94. The molecule has 2 aromatic rings. The number of rotatable bonds is 3. The maximum absolute atomic E-state index is 12.9. The highest BCUT2D eigenvalue weighted by Gasteiger charge is 2.34. The first-order chi connectivity index (χ1) is 12.3. The molecule has 0 bridgehead atoms. The molecule has 0 saturated carbocycles. The first-order valence-electron chi connectivity index (χ1n) is 7.41. The van der Waals surface area contributed by atoms with Crippen LogP contribution < -0.4 is 15.1 Å². The summed E-state index contributed by atoms with van der Waals surface area (Å²) in [6.07, 6.45) is 1.39. The lowest BCUT2D eigenvalue weighted by Crippen LogP contribution is -2.54. The van der Waals surface area contributed by atoms with Crippen molar-refractivity contribution in [2.24, 2.45) is 0 Å². The summed E-state index contributed by atoms with van der Waals surface area (Å²) in [5.41, 5.74) is 0.421. The van der Waals surface area contributed by atoms with Gasteiger partial charge in [0.1, 0.15) is 11.3 Å². The summed E-state index contributed by atoms with van der Waals surface area (Å²) in [6.45, 7) is 0. The van der Waals surface area contributed by atoms with Gasteiger partial charge in [-0.25, -0.2) is 0 Å². The first-order valence-corrected chi connectivity index (χ1v) is 8.99. The number of anilines is 2. The quantitative estimate of drug-likeness (QED) is 0.436. The molecule has 2 amide bonds. The number of hydrogen-bond acceptors (Lipinski definition) is 5. The summed E-state index contributed by atoms with van der Waals surface area (Å²) in [4.78, 5) is 28.2. The number of amides is 2. The smallest absolute Gasteiger partial charge is 0.270 e. The minimum absolute atomic E-state index is 0.00841. The number of nitrogens with zero attached hydrogens (tertiary/aromatic N) is 2. The highest BCUT2D eigenvalue weighted by molar-refractivity contribution is 9.10. The zero-order valence-corrected chi connectivity index (χ0v) is 16.9. The van der Waals surface area contributed by atoms with Crippen LogP contribution in [-0.4, -0.2) is 31.0 Å². The lowest BCUT2D eigenvalue weighted by Gasteiger charge is -2.28. The van der Waals surface area contributed by atoms with Crippen molar-refractivity contribution in [2.45, 2.75) is 0 Å². The Morgan fingerprint density at radius 1 is 1.27 bits per heavy atom. The standard InChI is InChI=1S/C17H13BrClN3O3S/c1-21(2)16-13(18)8-11(25-16)7-12-14(23)20-17(26)22(15(12)24)10-5-3-9(19)4-6-10/h3-8H,1-2H3,(H,20,23,26)/b12-7-. The lowest BCUT2D eigenvalue weighted by molar-refractivity contribution is -0.122. The largest absolute Gasteiger partial charge is 0.440 e. The number of furan rings is 1. The van der Waals surface area contributed by atoms with Crippen molar-refractivity contribution >= 4 is 74.3 Å². The van der Waals surface area contributed by atoms with Gasteiger partial charge in [0.25, 0.3) is 11.8 Å². The molecule has 6 nitrogen and oxygen atoms in total. The van der Waals surface area contributed by atoms with Gasteiger partial charge in [0.2, 0.25) is 5.88 Å². The first kappa shape index (κ1) is 18.6. The number of carbonyl (C=O) groups is 2. The lowest BCUT2D eigenvalue weighted by atomic mass is 10.1. The van der Waals surface area contributed by atoms with Crippen LogP contribution in [0.3, 0.4) is 0 Å². The van der Waals surface area contributed by atoms with Crippen LogP contribution in [0.2, 0.25) is 5.02 Å². The molecule has 0 aliphatic carbocycles. The van der Waals surface area contributed by atoms with Crippen LogP contribution >= 0.6 is 39.7 Å². The SMILES string of the molecule is CN(C)c1oc(/C=C2/C(=O)NC(=S)N(c3ccc(Cl)cc3)C2=O)cc1Br. The van der Waals surface area contributed by atoms with E-state index < -0.39 is 11.8 Å². The summed E-state index contributed by atoms with van der Waals surface area (Å²) in [6, 6.07) is 8.26. The van der Waals surface area contributed by atoms with E-state index in [1.54, 1.807) is 35.2 Å². The molecule has 1 aliphatic heterocycles. The van der Waals surface area contributed by atoms with E-state index in [9.17, 15) is 9.59 Å². The van der Waals surface area contributed by atoms with E-state index in [-0.39, 0.29) is 10.7 Å². The third kappa shape index (κ3) is 3.53. The molecule has 9 heteroatoms. The summed E-state index contributed by atoms with van der Waals surface area (Å²) < 4.78 is 6.37. The fourth-order valence-electron chi connectivity index (χ4n) is 2.38. The topological polar surface area (TPSA) is 65.8 Å². The molecular weight excluding hydrogens is 442 g/mol. The van der Waals surface area contributed by atoms with E-state index >= 15 is 0 Å². The molecule has 1 aromatic heterocycles. The number of benzene rings is 1. The molecule has 2 heterocycles. The number of hydrogen-bond donors (Lipinski definition) is 1.